The van der Waals surface area contributed by atoms with E-state index in [1.807, 2.05) is 6.21 Å². The van der Waals surface area contributed by atoms with Crippen molar-refractivity contribution in [2.45, 2.75) is 71.1 Å². The van der Waals surface area contributed by atoms with Crippen LogP contribution in [0.5, 0.6) is 5.75 Å². The number of nitriles is 1. The molecule has 0 aliphatic heterocycles. The minimum atomic E-state index is 0.631. The zero-order valence-electron chi connectivity index (χ0n) is 13.8. The summed E-state index contributed by atoms with van der Waals surface area (Å²) in [6, 6.07) is 9.05. The van der Waals surface area contributed by atoms with Crippen LogP contribution in [0.2, 0.25) is 0 Å². The van der Waals surface area contributed by atoms with Crippen LogP contribution >= 0.6 is 0 Å². The molecule has 1 aromatic rings. The van der Waals surface area contributed by atoms with Gasteiger partial charge in [0, 0.05) is 6.21 Å². The second kappa shape index (κ2) is 12.9. The highest BCUT2D eigenvalue weighted by Crippen LogP contribution is 2.12. The molecular formula is C19H28N2O. The van der Waals surface area contributed by atoms with Gasteiger partial charge in [-0.05, 0) is 37.1 Å². The van der Waals surface area contributed by atoms with Crippen LogP contribution < -0.4 is 4.84 Å². The molecule has 0 saturated carbocycles. The van der Waals surface area contributed by atoms with Crippen LogP contribution in [0.1, 0.15) is 76.7 Å². The van der Waals surface area contributed by atoms with E-state index in [1.165, 1.54) is 57.8 Å². The highest BCUT2D eigenvalue weighted by Gasteiger charge is 1.94. The summed E-state index contributed by atoms with van der Waals surface area (Å²) in [4.78, 5) is 5.25. The van der Waals surface area contributed by atoms with Gasteiger partial charge in [0.1, 0.15) is 0 Å². The smallest absolute Gasteiger partial charge is 0.158 e. The monoisotopic (exact) mass is 300 g/mol. The number of hydrogen-bond donors (Lipinski definition) is 0. The first kappa shape index (κ1) is 18.2. The quantitative estimate of drug-likeness (QED) is 0.276. The van der Waals surface area contributed by atoms with Crippen LogP contribution in [-0.2, 0) is 0 Å². The highest BCUT2D eigenvalue weighted by atomic mass is 16.6. The Balaban J connectivity index is 1.94. The molecule has 0 N–H and O–H groups in total. The summed E-state index contributed by atoms with van der Waals surface area (Å²) < 4.78 is 0. The van der Waals surface area contributed by atoms with Crippen molar-refractivity contribution < 1.29 is 4.84 Å². The third-order valence-electron chi connectivity index (χ3n) is 3.65. The van der Waals surface area contributed by atoms with Crippen molar-refractivity contribution >= 4 is 6.21 Å². The van der Waals surface area contributed by atoms with Crippen molar-refractivity contribution in [3.05, 3.63) is 29.8 Å². The predicted octanol–water partition coefficient (Wildman–Crippen LogP) is 5.84. The fourth-order valence-corrected chi connectivity index (χ4v) is 2.29. The molecule has 0 fully saturated rings. The van der Waals surface area contributed by atoms with Gasteiger partial charge in [-0.3, -0.25) is 0 Å². The van der Waals surface area contributed by atoms with E-state index in [2.05, 4.69) is 18.1 Å². The maximum atomic E-state index is 8.70. The van der Waals surface area contributed by atoms with Gasteiger partial charge in [0.15, 0.2) is 5.75 Å². The SMILES string of the molecule is CCCCCCCCCCC/C=N/Oc1ccc(C#N)cc1. The standard InChI is InChI=1S/C19H28N2O/c1-2-3-4-5-6-7-8-9-10-11-16-21-22-19-14-12-18(17-20)13-15-19/h12-16H,2-11H2,1H3/b21-16+. The molecule has 1 aromatic carbocycles. The van der Waals surface area contributed by atoms with Crippen LogP contribution in [0.3, 0.4) is 0 Å². The molecule has 0 heterocycles. The number of rotatable bonds is 12. The molecule has 0 radical (unpaired) electrons. The van der Waals surface area contributed by atoms with Crippen molar-refractivity contribution in [3.63, 3.8) is 0 Å². The molecule has 3 heteroatoms. The third-order valence-corrected chi connectivity index (χ3v) is 3.65. The molecule has 0 spiro atoms. The van der Waals surface area contributed by atoms with Gasteiger partial charge in [-0.25, -0.2) is 0 Å². The molecule has 0 atom stereocenters. The molecule has 0 unspecified atom stereocenters. The van der Waals surface area contributed by atoms with Crippen molar-refractivity contribution in [3.8, 4) is 11.8 Å². The first-order chi connectivity index (χ1) is 10.9. The highest BCUT2D eigenvalue weighted by molar-refractivity contribution is 5.56. The van der Waals surface area contributed by atoms with Gasteiger partial charge in [0.25, 0.3) is 0 Å². The minimum absolute atomic E-state index is 0.631. The van der Waals surface area contributed by atoms with Gasteiger partial charge in [-0.1, -0.05) is 63.4 Å². The lowest BCUT2D eigenvalue weighted by Crippen LogP contribution is -1.86. The summed E-state index contributed by atoms with van der Waals surface area (Å²) in [5, 5.41) is 12.7. The van der Waals surface area contributed by atoms with Crippen molar-refractivity contribution in [1.29, 1.82) is 5.26 Å². The number of unbranched alkanes of at least 4 members (excludes halogenated alkanes) is 9. The zero-order valence-corrected chi connectivity index (χ0v) is 13.8. The lowest BCUT2D eigenvalue weighted by atomic mass is 10.1. The van der Waals surface area contributed by atoms with Crippen molar-refractivity contribution in [2.24, 2.45) is 5.16 Å². The average molecular weight is 300 g/mol. The summed E-state index contributed by atoms with van der Waals surface area (Å²) in [6.07, 6.45) is 14.8. The third kappa shape index (κ3) is 9.18. The Hall–Kier alpha value is -1.82. The Morgan fingerprint density at radius 2 is 1.55 bits per heavy atom. The lowest BCUT2D eigenvalue weighted by molar-refractivity contribution is 0.342. The van der Waals surface area contributed by atoms with Gasteiger partial charge >= 0.3 is 0 Å². The van der Waals surface area contributed by atoms with Crippen molar-refractivity contribution in [1.82, 2.24) is 0 Å². The van der Waals surface area contributed by atoms with Gasteiger partial charge in [0.2, 0.25) is 0 Å². The minimum Gasteiger partial charge on any atom is -0.357 e. The van der Waals surface area contributed by atoms with Crippen LogP contribution in [0.25, 0.3) is 0 Å². The Morgan fingerprint density at radius 3 is 2.14 bits per heavy atom. The van der Waals surface area contributed by atoms with Crippen LogP contribution in [-0.4, -0.2) is 6.21 Å². The van der Waals surface area contributed by atoms with E-state index in [0.717, 1.165) is 6.42 Å². The maximum absolute atomic E-state index is 8.70. The van der Waals surface area contributed by atoms with E-state index in [9.17, 15) is 0 Å². The predicted molar refractivity (Wildman–Crippen MR) is 92.1 cm³/mol. The lowest BCUT2D eigenvalue weighted by Gasteiger charge is -2.00. The van der Waals surface area contributed by atoms with E-state index < -0.39 is 0 Å². The molecule has 0 bridgehead atoms. The van der Waals surface area contributed by atoms with E-state index >= 15 is 0 Å². The molecule has 0 amide bonds. The molecule has 120 valence electrons. The average Bonchev–Trinajstić information content (AvgIpc) is 2.56. The van der Waals surface area contributed by atoms with Gasteiger partial charge in [-0.2, -0.15) is 5.26 Å². The number of benzene rings is 1. The molecule has 1 rings (SSSR count). The van der Waals surface area contributed by atoms with E-state index in [4.69, 9.17) is 10.1 Å². The summed E-state index contributed by atoms with van der Waals surface area (Å²) in [5.41, 5.74) is 0.631. The fraction of sp³-hybridized carbons (Fsp3) is 0.579. The van der Waals surface area contributed by atoms with Gasteiger partial charge in [-0.15, -0.1) is 0 Å². The van der Waals surface area contributed by atoms with Crippen LogP contribution in [0.15, 0.2) is 29.4 Å². The summed E-state index contributed by atoms with van der Waals surface area (Å²) in [5.74, 6) is 0.669. The first-order valence-corrected chi connectivity index (χ1v) is 8.56. The van der Waals surface area contributed by atoms with E-state index in [1.54, 1.807) is 24.3 Å². The Bertz CT molecular complexity index is 445. The second-order valence-electron chi connectivity index (χ2n) is 5.63. The largest absolute Gasteiger partial charge is 0.357 e. The maximum Gasteiger partial charge on any atom is 0.158 e. The second-order valence-corrected chi connectivity index (χ2v) is 5.63. The van der Waals surface area contributed by atoms with Gasteiger partial charge in [0.05, 0.1) is 11.6 Å². The normalized spacial score (nSPS) is 10.7. The molecule has 0 aliphatic rings. The Kier molecular flexibility index (Phi) is 10.7. The van der Waals surface area contributed by atoms with E-state index in [0.29, 0.717) is 11.3 Å². The Morgan fingerprint density at radius 1 is 0.955 bits per heavy atom. The van der Waals surface area contributed by atoms with Crippen LogP contribution in [0, 0.1) is 11.3 Å². The number of hydrogen-bond acceptors (Lipinski definition) is 3. The topological polar surface area (TPSA) is 45.4 Å². The zero-order chi connectivity index (χ0) is 15.9. The molecule has 3 nitrogen and oxygen atoms in total. The summed E-state index contributed by atoms with van der Waals surface area (Å²) in [7, 11) is 0. The molecular weight excluding hydrogens is 272 g/mol. The van der Waals surface area contributed by atoms with Crippen molar-refractivity contribution in [2.75, 3.05) is 0 Å². The molecule has 22 heavy (non-hydrogen) atoms. The Labute approximate surface area is 135 Å². The van der Waals surface area contributed by atoms with E-state index in [-0.39, 0.29) is 0 Å². The number of nitrogens with zero attached hydrogens (tertiary/aromatic N) is 2. The molecule has 0 aromatic heterocycles. The molecule has 0 aliphatic carbocycles. The summed E-state index contributed by atoms with van der Waals surface area (Å²) >= 11 is 0. The number of oxime groups is 1. The van der Waals surface area contributed by atoms with Gasteiger partial charge < -0.3 is 4.84 Å². The first-order valence-electron chi connectivity index (χ1n) is 8.56. The fourth-order valence-electron chi connectivity index (χ4n) is 2.29. The molecule has 0 saturated heterocycles. The van der Waals surface area contributed by atoms with Crippen LogP contribution in [0.4, 0.5) is 0 Å². The summed E-state index contributed by atoms with van der Waals surface area (Å²) in [6.45, 7) is 2.26.